The minimum absolute atomic E-state index is 0.0841. The van der Waals surface area contributed by atoms with E-state index >= 15 is 0 Å². The van der Waals surface area contributed by atoms with Crippen LogP contribution in [-0.4, -0.2) is 18.1 Å². The number of hydrogen-bond donors (Lipinski definition) is 2. The van der Waals surface area contributed by atoms with Gasteiger partial charge in [0.05, 0.1) is 5.69 Å². The summed E-state index contributed by atoms with van der Waals surface area (Å²) in [5, 5.41) is 12.0. The van der Waals surface area contributed by atoms with Crippen molar-refractivity contribution in [1.29, 1.82) is 0 Å². The zero-order valence-corrected chi connectivity index (χ0v) is 12.9. The highest BCUT2D eigenvalue weighted by molar-refractivity contribution is 9.10. The summed E-state index contributed by atoms with van der Waals surface area (Å²) in [6, 6.07) is 13.8. The van der Waals surface area contributed by atoms with E-state index in [-0.39, 0.29) is 5.84 Å². The molecule has 0 aliphatic heterocycles. The summed E-state index contributed by atoms with van der Waals surface area (Å²) in [5.41, 5.74) is 9.52. The molecule has 3 N–H and O–H groups in total. The quantitative estimate of drug-likeness (QED) is 0.390. The molecular weight excluding hydrogens is 318 g/mol. The molecule has 2 aromatic carbocycles. The van der Waals surface area contributed by atoms with E-state index in [1.165, 1.54) is 5.56 Å². The topological polar surface area (TPSA) is 61.8 Å². The molecule has 0 aliphatic rings. The first-order chi connectivity index (χ1) is 9.52. The molecule has 0 bridgehead atoms. The standard InChI is InChI=1S/C15H16BrN3O/c1-10-4-3-5-12(8-10)19(2)14-7-6-11(16)9-13(14)15(17)18-20/h3-9,20H,1-2H3,(H2,17,18). The Balaban J connectivity index is 2.52. The lowest BCUT2D eigenvalue weighted by Gasteiger charge is -2.23. The van der Waals surface area contributed by atoms with Crippen LogP contribution in [0.2, 0.25) is 0 Å². The van der Waals surface area contributed by atoms with Gasteiger partial charge in [-0.1, -0.05) is 33.2 Å². The van der Waals surface area contributed by atoms with Crippen molar-refractivity contribution in [2.75, 3.05) is 11.9 Å². The van der Waals surface area contributed by atoms with Gasteiger partial charge in [-0.05, 0) is 42.8 Å². The van der Waals surface area contributed by atoms with E-state index in [1.807, 2.05) is 55.3 Å². The molecule has 0 unspecified atom stereocenters. The normalized spacial score (nSPS) is 11.4. The Kier molecular flexibility index (Phi) is 4.29. The second kappa shape index (κ2) is 5.96. The molecule has 0 saturated carbocycles. The molecular formula is C15H16BrN3O. The van der Waals surface area contributed by atoms with Crippen molar-refractivity contribution in [1.82, 2.24) is 0 Å². The average molecular weight is 334 g/mol. The minimum Gasteiger partial charge on any atom is -0.409 e. The number of halogens is 1. The van der Waals surface area contributed by atoms with Crippen molar-refractivity contribution in [2.45, 2.75) is 6.92 Å². The number of aryl methyl sites for hydroxylation is 1. The second-order valence-corrected chi connectivity index (χ2v) is 5.46. The molecule has 0 saturated heterocycles. The van der Waals surface area contributed by atoms with Crippen LogP contribution in [-0.2, 0) is 0 Å². The van der Waals surface area contributed by atoms with Crippen LogP contribution in [0.3, 0.4) is 0 Å². The Morgan fingerprint density at radius 3 is 2.65 bits per heavy atom. The lowest BCUT2D eigenvalue weighted by molar-refractivity contribution is 0.318. The first kappa shape index (κ1) is 14.4. The highest BCUT2D eigenvalue weighted by atomic mass is 79.9. The van der Waals surface area contributed by atoms with Gasteiger partial charge < -0.3 is 15.8 Å². The zero-order chi connectivity index (χ0) is 14.7. The predicted molar refractivity (Wildman–Crippen MR) is 85.9 cm³/mol. The number of benzene rings is 2. The largest absolute Gasteiger partial charge is 0.409 e. The molecule has 0 atom stereocenters. The molecule has 5 heteroatoms. The van der Waals surface area contributed by atoms with E-state index in [4.69, 9.17) is 10.9 Å². The van der Waals surface area contributed by atoms with Crippen molar-refractivity contribution in [3.8, 4) is 0 Å². The average Bonchev–Trinajstić information content (AvgIpc) is 2.45. The number of amidine groups is 1. The molecule has 0 spiro atoms. The summed E-state index contributed by atoms with van der Waals surface area (Å²) in [6.07, 6.45) is 0. The van der Waals surface area contributed by atoms with Gasteiger partial charge in [-0.15, -0.1) is 0 Å². The summed E-state index contributed by atoms with van der Waals surface area (Å²) >= 11 is 3.40. The summed E-state index contributed by atoms with van der Waals surface area (Å²) in [4.78, 5) is 2.01. The van der Waals surface area contributed by atoms with Crippen LogP contribution in [0.4, 0.5) is 11.4 Å². The smallest absolute Gasteiger partial charge is 0.172 e. The number of hydrogen-bond acceptors (Lipinski definition) is 3. The molecule has 2 rings (SSSR count). The van der Waals surface area contributed by atoms with Crippen LogP contribution < -0.4 is 10.6 Å². The first-order valence-electron chi connectivity index (χ1n) is 6.11. The molecule has 0 aliphatic carbocycles. The fourth-order valence-corrected chi connectivity index (χ4v) is 2.40. The van der Waals surface area contributed by atoms with Gasteiger partial charge in [-0.25, -0.2) is 0 Å². The number of oxime groups is 1. The number of nitrogens with two attached hydrogens (primary N) is 1. The molecule has 104 valence electrons. The van der Waals surface area contributed by atoms with Crippen LogP contribution in [0.15, 0.2) is 52.1 Å². The summed E-state index contributed by atoms with van der Waals surface area (Å²) in [5.74, 6) is 0.0841. The molecule has 0 amide bonds. The van der Waals surface area contributed by atoms with Gasteiger partial charge in [0.15, 0.2) is 5.84 Å². The maximum atomic E-state index is 8.93. The van der Waals surface area contributed by atoms with Crippen LogP contribution >= 0.6 is 15.9 Å². The number of rotatable bonds is 3. The van der Waals surface area contributed by atoms with Crippen molar-refractivity contribution in [3.63, 3.8) is 0 Å². The molecule has 4 nitrogen and oxygen atoms in total. The van der Waals surface area contributed by atoms with E-state index in [0.29, 0.717) is 5.56 Å². The molecule has 0 heterocycles. The van der Waals surface area contributed by atoms with Crippen molar-refractivity contribution in [2.24, 2.45) is 10.9 Å². The Bertz CT molecular complexity index is 655. The Morgan fingerprint density at radius 1 is 1.25 bits per heavy atom. The minimum atomic E-state index is 0.0841. The van der Waals surface area contributed by atoms with Gasteiger partial charge in [-0.3, -0.25) is 0 Å². The lowest BCUT2D eigenvalue weighted by Crippen LogP contribution is -2.19. The third-order valence-electron chi connectivity index (χ3n) is 3.09. The van der Waals surface area contributed by atoms with Gasteiger partial charge in [-0.2, -0.15) is 0 Å². The summed E-state index contributed by atoms with van der Waals surface area (Å²) < 4.78 is 0.875. The van der Waals surface area contributed by atoms with Crippen LogP contribution in [0.5, 0.6) is 0 Å². The van der Waals surface area contributed by atoms with Crippen molar-refractivity contribution < 1.29 is 5.21 Å². The third-order valence-corrected chi connectivity index (χ3v) is 3.59. The zero-order valence-electron chi connectivity index (χ0n) is 11.3. The maximum Gasteiger partial charge on any atom is 0.172 e. The van der Waals surface area contributed by atoms with Crippen LogP contribution in [0, 0.1) is 6.92 Å². The SMILES string of the molecule is Cc1cccc(N(C)c2ccc(Br)cc2/C(N)=N/O)c1. The summed E-state index contributed by atoms with van der Waals surface area (Å²) in [7, 11) is 1.95. The van der Waals surface area contributed by atoms with E-state index in [1.54, 1.807) is 0 Å². The van der Waals surface area contributed by atoms with Crippen LogP contribution in [0.1, 0.15) is 11.1 Å². The van der Waals surface area contributed by atoms with E-state index in [0.717, 1.165) is 15.8 Å². The highest BCUT2D eigenvalue weighted by Gasteiger charge is 2.13. The Hall–Kier alpha value is -2.01. The van der Waals surface area contributed by atoms with Gasteiger partial charge >= 0.3 is 0 Å². The number of nitrogens with zero attached hydrogens (tertiary/aromatic N) is 2. The fourth-order valence-electron chi connectivity index (χ4n) is 2.04. The fraction of sp³-hybridized carbons (Fsp3) is 0.133. The molecule has 0 aromatic heterocycles. The second-order valence-electron chi connectivity index (χ2n) is 4.54. The molecule has 0 radical (unpaired) electrons. The molecule has 2 aromatic rings. The monoisotopic (exact) mass is 333 g/mol. The van der Waals surface area contributed by atoms with E-state index in [2.05, 4.69) is 27.2 Å². The highest BCUT2D eigenvalue weighted by Crippen LogP contribution is 2.29. The van der Waals surface area contributed by atoms with Gasteiger partial charge in [0.2, 0.25) is 0 Å². The first-order valence-corrected chi connectivity index (χ1v) is 6.90. The third kappa shape index (κ3) is 2.93. The van der Waals surface area contributed by atoms with E-state index < -0.39 is 0 Å². The van der Waals surface area contributed by atoms with Crippen LogP contribution in [0.25, 0.3) is 0 Å². The van der Waals surface area contributed by atoms with Crippen molar-refractivity contribution in [3.05, 3.63) is 58.1 Å². The molecule has 20 heavy (non-hydrogen) atoms. The van der Waals surface area contributed by atoms with Crippen molar-refractivity contribution >= 4 is 33.1 Å². The predicted octanol–water partition coefficient (Wildman–Crippen LogP) is 3.62. The summed E-state index contributed by atoms with van der Waals surface area (Å²) in [6.45, 7) is 2.05. The van der Waals surface area contributed by atoms with Gasteiger partial charge in [0.25, 0.3) is 0 Å². The lowest BCUT2D eigenvalue weighted by atomic mass is 10.1. The molecule has 0 fully saturated rings. The van der Waals surface area contributed by atoms with Gasteiger partial charge in [0, 0.05) is 22.8 Å². The maximum absolute atomic E-state index is 8.93. The Labute approximate surface area is 126 Å². The van der Waals surface area contributed by atoms with Gasteiger partial charge in [0.1, 0.15) is 0 Å². The van der Waals surface area contributed by atoms with E-state index in [9.17, 15) is 0 Å². The number of anilines is 2. The Morgan fingerprint density at radius 2 is 2.00 bits per heavy atom.